The average molecular weight is 424 g/mol. The molecule has 3 rings (SSSR count). The van der Waals surface area contributed by atoms with E-state index >= 15 is 0 Å². The van der Waals surface area contributed by atoms with Crippen LogP contribution in [0.4, 0.5) is 5.69 Å². The molecule has 0 saturated carbocycles. The standard InChI is InChI=1S/C22H25N5O2S/c1-4-19(16-7-5-15(2)6-8-16)25-21(29)17-9-11-18(12-10-17)24-20(28)13-30-22-26-23-14-27(22)3/h5-12,14,19H,4,13H2,1-3H3,(H,24,28)(H,25,29)/t19-/m0/s1. The predicted molar refractivity (Wildman–Crippen MR) is 118 cm³/mol. The first-order valence-corrected chi connectivity index (χ1v) is 10.7. The number of aromatic nitrogens is 3. The molecule has 2 amide bonds. The van der Waals surface area contributed by atoms with Crippen molar-refractivity contribution in [1.82, 2.24) is 20.1 Å². The van der Waals surface area contributed by atoms with E-state index in [1.807, 2.05) is 45.2 Å². The van der Waals surface area contributed by atoms with Gasteiger partial charge in [0.1, 0.15) is 6.33 Å². The van der Waals surface area contributed by atoms with E-state index in [2.05, 4.69) is 20.8 Å². The number of benzene rings is 2. The average Bonchev–Trinajstić information content (AvgIpc) is 3.16. The molecule has 0 unspecified atom stereocenters. The quantitative estimate of drug-likeness (QED) is 0.539. The lowest BCUT2D eigenvalue weighted by Gasteiger charge is -2.18. The lowest BCUT2D eigenvalue weighted by atomic mass is 10.0. The molecule has 0 saturated heterocycles. The molecule has 0 bridgehead atoms. The minimum Gasteiger partial charge on any atom is -0.345 e. The smallest absolute Gasteiger partial charge is 0.251 e. The molecule has 30 heavy (non-hydrogen) atoms. The predicted octanol–water partition coefficient (Wildman–Crippen LogP) is 3.74. The van der Waals surface area contributed by atoms with Crippen molar-refractivity contribution >= 4 is 29.3 Å². The van der Waals surface area contributed by atoms with Gasteiger partial charge in [-0.2, -0.15) is 0 Å². The summed E-state index contributed by atoms with van der Waals surface area (Å²) in [6.45, 7) is 4.08. The van der Waals surface area contributed by atoms with Crippen LogP contribution in [0.1, 0.15) is 40.9 Å². The second kappa shape index (κ2) is 10.1. The molecular formula is C22H25N5O2S. The summed E-state index contributed by atoms with van der Waals surface area (Å²) >= 11 is 1.31. The highest BCUT2D eigenvalue weighted by Crippen LogP contribution is 2.19. The number of nitrogens with zero attached hydrogens (tertiary/aromatic N) is 3. The van der Waals surface area contributed by atoms with E-state index in [9.17, 15) is 9.59 Å². The van der Waals surface area contributed by atoms with E-state index in [0.29, 0.717) is 16.4 Å². The van der Waals surface area contributed by atoms with Crippen LogP contribution in [0.25, 0.3) is 0 Å². The number of amides is 2. The number of thioether (sulfide) groups is 1. The zero-order chi connectivity index (χ0) is 21.5. The normalized spacial score (nSPS) is 11.7. The Morgan fingerprint density at radius 2 is 1.80 bits per heavy atom. The van der Waals surface area contributed by atoms with Crippen molar-refractivity contribution in [2.75, 3.05) is 11.1 Å². The Balaban J connectivity index is 1.55. The number of hydrogen-bond acceptors (Lipinski definition) is 5. The van der Waals surface area contributed by atoms with Crippen LogP contribution in [-0.4, -0.2) is 32.3 Å². The van der Waals surface area contributed by atoms with Crippen molar-refractivity contribution in [3.8, 4) is 0 Å². The van der Waals surface area contributed by atoms with Gasteiger partial charge in [0.2, 0.25) is 5.91 Å². The lowest BCUT2D eigenvalue weighted by Crippen LogP contribution is -2.28. The highest BCUT2D eigenvalue weighted by atomic mass is 32.2. The summed E-state index contributed by atoms with van der Waals surface area (Å²) in [6, 6.07) is 15.0. The second-order valence-electron chi connectivity index (χ2n) is 6.98. The first-order valence-electron chi connectivity index (χ1n) is 9.70. The molecule has 1 aromatic heterocycles. The van der Waals surface area contributed by atoms with Gasteiger partial charge >= 0.3 is 0 Å². The topological polar surface area (TPSA) is 88.9 Å². The molecule has 0 aliphatic heterocycles. The third kappa shape index (κ3) is 5.70. The van der Waals surface area contributed by atoms with E-state index in [0.717, 1.165) is 12.0 Å². The molecule has 0 fully saturated rings. The SMILES string of the molecule is CC[C@H](NC(=O)c1ccc(NC(=O)CSc2nncn2C)cc1)c1ccc(C)cc1. The number of aryl methyl sites for hydroxylation is 2. The second-order valence-corrected chi connectivity index (χ2v) is 7.93. The van der Waals surface area contributed by atoms with Gasteiger partial charge in [0.15, 0.2) is 5.16 Å². The summed E-state index contributed by atoms with van der Waals surface area (Å²) in [6.07, 6.45) is 2.39. The fourth-order valence-electron chi connectivity index (χ4n) is 2.90. The van der Waals surface area contributed by atoms with Crippen LogP contribution < -0.4 is 10.6 Å². The summed E-state index contributed by atoms with van der Waals surface area (Å²) in [7, 11) is 1.83. The van der Waals surface area contributed by atoms with Crippen molar-refractivity contribution in [3.05, 3.63) is 71.5 Å². The van der Waals surface area contributed by atoms with Crippen LogP contribution in [0.15, 0.2) is 60.0 Å². The Labute approximate surface area is 180 Å². The van der Waals surface area contributed by atoms with Crippen molar-refractivity contribution in [2.45, 2.75) is 31.5 Å². The fourth-order valence-corrected chi connectivity index (χ4v) is 3.58. The lowest BCUT2D eigenvalue weighted by molar-refractivity contribution is -0.113. The zero-order valence-corrected chi connectivity index (χ0v) is 18.1. The molecule has 8 heteroatoms. The van der Waals surface area contributed by atoms with Gasteiger partial charge in [-0.05, 0) is 43.2 Å². The first kappa shape index (κ1) is 21.6. The van der Waals surface area contributed by atoms with E-state index < -0.39 is 0 Å². The van der Waals surface area contributed by atoms with Gasteiger partial charge in [-0.25, -0.2) is 0 Å². The Kier molecular flexibility index (Phi) is 7.24. The molecule has 0 aliphatic carbocycles. The van der Waals surface area contributed by atoms with Gasteiger partial charge in [0.05, 0.1) is 11.8 Å². The number of nitrogens with one attached hydrogen (secondary N) is 2. The van der Waals surface area contributed by atoms with E-state index in [1.165, 1.54) is 17.3 Å². The summed E-state index contributed by atoms with van der Waals surface area (Å²) in [5, 5.41) is 14.3. The number of carbonyl (C=O) groups is 2. The van der Waals surface area contributed by atoms with Gasteiger partial charge in [0, 0.05) is 18.3 Å². The molecule has 7 nitrogen and oxygen atoms in total. The van der Waals surface area contributed by atoms with Gasteiger partial charge in [0.25, 0.3) is 5.91 Å². The molecule has 0 spiro atoms. The van der Waals surface area contributed by atoms with E-state index in [4.69, 9.17) is 0 Å². The molecule has 1 atom stereocenters. The number of carbonyl (C=O) groups excluding carboxylic acids is 2. The molecule has 2 aromatic carbocycles. The van der Waals surface area contributed by atoms with Gasteiger partial charge in [-0.1, -0.05) is 48.5 Å². The molecule has 0 radical (unpaired) electrons. The largest absolute Gasteiger partial charge is 0.345 e. The van der Waals surface area contributed by atoms with Crippen molar-refractivity contribution in [3.63, 3.8) is 0 Å². The summed E-state index contributed by atoms with van der Waals surface area (Å²) in [5.41, 5.74) is 3.46. The third-order valence-corrected chi connectivity index (χ3v) is 5.66. The summed E-state index contributed by atoms with van der Waals surface area (Å²) < 4.78 is 1.76. The highest BCUT2D eigenvalue weighted by molar-refractivity contribution is 7.99. The summed E-state index contributed by atoms with van der Waals surface area (Å²) in [4.78, 5) is 24.8. The number of anilines is 1. The maximum absolute atomic E-state index is 12.6. The van der Waals surface area contributed by atoms with Gasteiger partial charge < -0.3 is 15.2 Å². The van der Waals surface area contributed by atoms with E-state index in [1.54, 1.807) is 35.2 Å². The molecular weight excluding hydrogens is 398 g/mol. The summed E-state index contributed by atoms with van der Waals surface area (Å²) in [5.74, 6) is -0.0625. The van der Waals surface area contributed by atoms with Crippen LogP contribution in [0.2, 0.25) is 0 Å². The molecule has 1 heterocycles. The van der Waals surface area contributed by atoms with Crippen LogP contribution in [0, 0.1) is 6.92 Å². The minimum atomic E-state index is -0.148. The number of rotatable bonds is 8. The fraction of sp³-hybridized carbons (Fsp3) is 0.273. The van der Waals surface area contributed by atoms with Gasteiger partial charge in [-0.3, -0.25) is 9.59 Å². The molecule has 0 aliphatic rings. The monoisotopic (exact) mass is 423 g/mol. The molecule has 3 aromatic rings. The first-order chi connectivity index (χ1) is 14.5. The van der Waals surface area contributed by atoms with Gasteiger partial charge in [-0.15, -0.1) is 10.2 Å². The Bertz CT molecular complexity index is 999. The van der Waals surface area contributed by atoms with Crippen LogP contribution in [0.5, 0.6) is 0 Å². The van der Waals surface area contributed by atoms with Crippen LogP contribution in [-0.2, 0) is 11.8 Å². The molecule has 156 valence electrons. The maximum atomic E-state index is 12.6. The van der Waals surface area contributed by atoms with Crippen LogP contribution in [0.3, 0.4) is 0 Å². The molecule has 2 N–H and O–H groups in total. The number of hydrogen-bond donors (Lipinski definition) is 2. The Morgan fingerprint density at radius 1 is 1.10 bits per heavy atom. The Morgan fingerprint density at radius 3 is 2.40 bits per heavy atom. The van der Waals surface area contributed by atoms with Crippen LogP contribution >= 0.6 is 11.8 Å². The van der Waals surface area contributed by atoms with Crippen molar-refractivity contribution < 1.29 is 9.59 Å². The highest BCUT2D eigenvalue weighted by Gasteiger charge is 2.14. The third-order valence-electron chi connectivity index (χ3n) is 4.63. The van der Waals surface area contributed by atoms with Crippen molar-refractivity contribution in [2.24, 2.45) is 7.05 Å². The Hall–Kier alpha value is -3.13. The maximum Gasteiger partial charge on any atom is 0.251 e. The minimum absolute atomic E-state index is 0.0462. The van der Waals surface area contributed by atoms with E-state index in [-0.39, 0.29) is 23.6 Å². The van der Waals surface area contributed by atoms with Crippen molar-refractivity contribution in [1.29, 1.82) is 0 Å². The zero-order valence-electron chi connectivity index (χ0n) is 17.3.